The maximum absolute atomic E-state index is 10.7. The summed E-state index contributed by atoms with van der Waals surface area (Å²) in [5.74, 6) is 0.342. The number of ether oxygens (including phenoxy) is 1. The van der Waals surface area contributed by atoms with Gasteiger partial charge in [-0.15, -0.1) is 0 Å². The number of carbonyl (C=O) groups is 1. The monoisotopic (exact) mass is 314 g/mol. The highest BCUT2D eigenvalue weighted by atomic mass is 35.5. The van der Waals surface area contributed by atoms with Crippen LogP contribution in [-0.4, -0.2) is 6.29 Å². The van der Waals surface area contributed by atoms with E-state index in [-0.39, 0.29) is 6.61 Å². The van der Waals surface area contributed by atoms with E-state index >= 15 is 0 Å². The molecule has 2 aromatic rings. The largest absolute Gasteiger partial charge is 0.486 e. The van der Waals surface area contributed by atoms with Crippen LogP contribution in [0.25, 0.3) is 0 Å². The molecule has 0 unspecified atom stereocenters. The Hall–Kier alpha value is -1.22. The molecular formula is C14H9Cl3O2. The Balaban J connectivity index is 2.21. The Bertz CT molecular complexity index is 588. The normalized spacial score (nSPS) is 10.3. The third-order valence-corrected chi connectivity index (χ3v) is 3.42. The molecule has 0 heterocycles. The first-order valence-corrected chi connectivity index (χ1v) is 6.55. The SMILES string of the molecule is O=Cc1cc(Cl)c(OCc2ccccc2Cl)c(Cl)c1. The van der Waals surface area contributed by atoms with Crippen LogP contribution in [0.1, 0.15) is 15.9 Å². The molecule has 0 bridgehead atoms. The molecule has 0 saturated heterocycles. The molecule has 2 rings (SSSR count). The lowest BCUT2D eigenvalue weighted by molar-refractivity contribution is 0.112. The highest BCUT2D eigenvalue weighted by Gasteiger charge is 2.10. The van der Waals surface area contributed by atoms with Gasteiger partial charge in [0.15, 0.2) is 5.75 Å². The number of benzene rings is 2. The minimum atomic E-state index is 0.250. The van der Waals surface area contributed by atoms with Crippen LogP contribution in [0.15, 0.2) is 36.4 Å². The summed E-state index contributed by atoms with van der Waals surface area (Å²) in [4.78, 5) is 10.7. The minimum Gasteiger partial charge on any atom is -0.486 e. The molecule has 0 aliphatic carbocycles. The van der Waals surface area contributed by atoms with Crippen molar-refractivity contribution in [1.29, 1.82) is 0 Å². The second-order valence-corrected chi connectivity index (χ2v) is 5.03. The highest BCUT2D eigenvalue weighted by molar-refractivity contribution is 6.37. The Labute approximate surface area is 125 Å². The number of hydrogen-bond donors (Lipinski definition) is 0. The van der Waals surface area contributed by atoms with Gasteiger partial charge < -0.3 is 4.74 Å². The molecule has 0 spiro atoms. The average molecular weight is 316 g/mol. The molecule has 5 heteroatoms. The van der Waals surface area contributed by atoms with Crippen LogP contribution in [0.2, 0.25) is 15.1 Å². The Kier molecular flexibility index (Phi) is 4.70. The van der Waals surface area contributed by atoms with Crippen LogP contribution >= 0.6 is 34.8 Å². The predicted molar refractivity (Wildman–Crippen MR) is 77.6 cm³/mol. The van der Waals surface area contributed by atoms with Crippen molar-refractivity contribution in [1.82, 2.24) is 0 Å². The number of hydrogen-bond acceptors (Lipinski definition) is 2. The number of carbonyl (C=O) groups excluding carboxylic acids is 1. The van der Waals surface area contributed by atoms with Crippen LogP contribution < -0.4 is 4.74 Å². The molecule has 0 atom stereocenters. The standard InChI is InChI=1S/C14H9Cl3O2/c15-11-4-2-1-3-10(11)8-19-14-12(16)5-9(7-18)6-13(14)17/h1-7H,8H2. The molecule has 0 saturated carbocycles. The second kappa shape index (κ2) is 6.29. The summed E-state index contributed by atoms with van der Waals surface area (Å²) in [6.07, 6.45) is 0.676. The summed E-state index contributed by atoms with van der Waals surface area (Å²) in [6.45, 7) is 0.250. The van der Waals surface area contributed by atoms with Gasteiger partial charge in [-0.05, 0) is 18.2 Å². The molecule has 0 amide bonds. The zero-order chi connectivity index (χ0) is 13.8. The number of rotatable bonds is 4. The van der Waals surface area contributed by atoms with Crippen molar-refractivity contribution in [2.24, 2.45) is 0 Å². The van der Waals surface area contributed by atoms with Crippen LogP contribution in [0.3, 0.4) is 0 Å². The molecule has 0 fully saturated rings. The molecule has 19 heavy (non-hydrogen) atoms. The molecule has 0 aliphatic heterocycles. The molecule has 0 aliphatic rings. The first-order chi connectivity index (χ1) is 9.11. The van der Waals surface area contributed by atoms with Crippen molar-refractivity contribution in [3.05, 3.63) is 62.6 Å². The van der Waals surface area contributed by atoms with Crippen LogP contribution in [0.5, 0.6) is 5.75 Å². The predicted octanol–water partition coefficient (Wildman–Crippen LogP) is 5.04. The van der Waals surface area contributed by atoms with Crippen molar-refractivity contribution in [2.45, 2.75) is 6.61 Å². The fourth-order valence-electron chi connectivity index (χ4n) is 1.55. The molecule has 0 radical (unpaired) electrons. The van der Waals surface area contributed by atoms with Gasteiger partial charge in [0.05, 0.1) is 10.0 Å². The van der Waals surface area contributed by atoms with Crippen molar-refractivity contribution < 1.29 is 9.53 Å². The fourth-order valence-corrected chi connectivity index (χ4v) is 2.35. The lowest BCUT2D eigenvalue weighted by Gasteiger charge is -2.11. The van der Waals surface area contributed by atoms with Crippen LogP contribution in [0, 0.1) is 0 Å². The van der Waals surface area contributed by atoms with E-state index in [0.717, 1.165) is 5.56 Å². The molecule has 98 valence electrons. The van der Waals surface area contributed by atoms with E-state index in [1.165, 1.54) is 12.1 Å². The van der Waals surface area contributed by atoms with E-state index in [2.05, 4.69) is 0 Å². The minimum absolute atomic E-state index is 0.250. The highest BCUT2D eigenvalue weighted by Crippen LogP contribution is 2.34. The smallest absolute Gasteiger partial charge is 0.157 e. The van der Waals surface area contributed by atoms with E-state index in [1.54, 1.807) is 6.07 Å². The lowest BCUT2D eigenvalue weighted by Crippen LogP contribution is -1.98. The van der Waals surface area contributed by atoms with Gasteiger partial charge in [-0.2, -0.15) is 0 Å². The van der Waals surface area contributed by atoms with Crippen molar-refractivity contribution in [3.8, 4) is 5.75 Å². The van der Waals surface area contributed by atoms with Gasteiger partial charge >= 0.3 is 0 Å². The molecule has 2 aromatic carbocycles. The quantitative estimate of drug-likeness (QED) is 0.739. The Morgan fingerprint density at radius 3 is 2.21 bits per heavy atom. The van der Waals surface area contributed by atoms with Gasteiger partial charge in [0, 0.05) is 16.1 Å². The van der Waals surface area contributed by atoms with Crippen LogP contribution in [0.4, 0.5) is 0 Å². The molecular weight excluding hydrogens is 307 g/mol. The van der Waals surface area contributed by atoms with Gasteiger partial charge in [-0.1, -0.05) is 53.0 Å². The maximum atomic E-state index is 10.7. The topological polar surface area (TPSA) is 26.3 Å². The molecule has 0 aromatic heterocycles. The van der Waals surface area contributed by atoms with Gasteiger partial charge in [0.2, 0.25) is 0 Å². The zero-order valence-corrected chi connectivity index (χ0v) is 12.0. The van der Waals surface area contributed by atoms with Crippen molar-refractivity contribution in [2.75, 3.05) is 0 Å². The van der Waals surface area contributed by atoms with E-state index in [4.69, 9.17) is 39.5 Å². The third kappa shape index (κ3) is 3.41. The summed E-state index contributed by atoms with van der Waals surface area (Å²) in [7, 11) is 0. The van der Waals surface area contributed by atoms with E-state index in [1.807, 2.05) is 18.2 Å². The lowest BCUT2D eigenvalue weighted by atomic mass is 10.2. The number of halogens is 3. The first-order valence-electron chi connectivity index (χ1n) is 5.42. The Morgan fingerprint density at radius 1 is 1.00 bits per heavy atom. The summed E-state index contributed by atoms with van der Waals surface area (Å²) in [5.41, 5.74) is 1.23. The maximum Gasteiger partial charge on any atom is 0.157 e. The zero-order valence-electron chi connectivity index (χ0n) is 9.70. The fraction of sp³-hybridized carbons (Fsp3) is 0.0714. The second-order valence-electron chi connectivity index (χ2n) is 3.81. The van der Waals surface area contributed by atoms with Gasteiger partial charge in [0.1, 0.15) is 12.9 Å². The summed E-state index contributed by atoms with van der Waals surface area (Å²) in [5, 5.41) is 1.20. The van der Waals surface area contributed by atoms with Crippen molar-refractivity contribution in [3.63, 3.8) is 0 Å². The van der Waals surface area contributed by atoms with Crippen LogP contribution in [-0.2, 0) is 6.61 Å². The Morgan fingerprint density at radius 2 is 1.63 bits per heavy atom. The van der Waals surface area contributed by atoms with E-state index in [9.17, 15) is 4.79 Å². The number of aldehydes is 1. The van der Waals surface area contributed by atoms with E-state index in [0.29, 0.717) is 32.7 Å². The van der Waals surface area contributed by atoms with Gasteiger partial charge in [-0.3, -0.25) is 4.79 Å². The van der Waals surface area contributed by atoms with Gasteiger partial charge in [0.25, 0.3) is 0 Å². The third-order valence-electron chi connectivity index (χ3n) is 2.49. The molecule has 0 N–H and O–H groups in total. The van der Waals surface area contributed by atoms with Crippen molar-refractivity contribution >= 4 is 41.1 Å². The summed E-state index contributed by atoms with van der Waals surface area (Å²) in [6, 6.07) is 10.3. The molecule has 2 nitrogen and oxygen atoms in total. The van der Waals surface area contributed by atoms with E-state index < -0.39 is 0 Å². The summed E-state index contributed by atoms with van der Waals surface area (Å²) >= 11 is 18.1. The first kappa shape index (κ1) is 14.2. The summed E-state index contributed by atoms with van der Waals surface area (Å²) < 4.78 is 5.57. The average Bonchev–Trinajstić information content (AvgIpc) is 2.39. The van der Waals surface area contributed by atoms with Gasteiger partial charge in [-0.25, -0.2) is 0 Å².